The van der Waals surface area contributed by atoms with Crippen LogP contribution in [0.1, 0.15) is 29.9 Å². The third-order valence-corrected chi connectivity index (χ3v) is 4.15. The second kappa shape index (κ2) is 9.59. The van der Waals surface area contributed by atoms with Crippen molar-refractivity contribution < 1.29 is 14.3 Å². The molecule has 1 heterocycles. The van der Waals surface area contributed by atoms with Crippen molar-refractivity contribution in [1.82, 2.24) is 4.98 Å². The van der Waals surface area contributed by atoms with E-state index >= 15 is 0 Å². The Morgan fingerprint density at radius 3 is 2.55 bits per heavy atom. The fourth-order valence-electron chi connectivity index (χ4n) is 2.73. The van der Waals surface area contributed by atoms with Gasteiger partial charge in [0.25, 0.3) is 5.91 Å². The van der Waals surface area contributed by atoms with Crippen molar-refractivity contribution in [2.45, 2.75) is 26.5 Å². The summed E-state index contributed by atoms with van der Waals surface area (Å²) >= 11 is 0. The normalized spacial score (nSPS) is 10.5. The van der Waals surface area contributed by atoms with Crippen LogP contribution in [0.3, 0.4) is 0 Å². The maximum atomic E-state index is 12.7. The molecule has 29 heavy (non-hydrogen) atoms. The Bertz CT molecular complexity index is 956. The average molecular weight is 391 g/mol. The van der Waals surface area contributed by atoms with Crippen molar-refractivity contribution >= 4 is 17.3 Å². The number of hydrogen-bond donors (Lipinski definition) is 2. The van der Waals surface area contributed by atoms with Crippen LogP contribution in [-0.4, -0.2) is 24.1 Å². The maximum absolute atomic E-state index is 12.7. The lowest BCUT2D eigenvalue weighted by molar-refractivity contribution is 0.102. The number of pyridine rings is 1. The van der Waals surface area contributed by atoms with Gasteiger partial charge >= 0.3 is 0 Å². The minimum atomic E-state index is -0.294. The minimum Gasteiger partial charge on any atom is -0.497 e. The fraction of sp³-hybridized carbons (Fsp3) is 0.217. The van der Waals surface area contributed by atoms with Gasteiger partial charge in [-0.15, -0.1) is 0 Å². The van der Waals surface area contributed by atoms with Gasteiger partial charge in [0.15, 0.2) is 0 Å². The van der Waals surface area contributed by atoms with E-state index in [2.05, 4.69) is 15.6 Å². The molecule has 0 spiro atoms. The predicted octanol–water partition coefficient (Wildman–Crippen LogP) is 4.74. The van der Waals surface area contributed by atoms with Gasteiger partial charge in [0.05, 0.1) is 18.9 Å². The first-order chi connectivity index (χ1) is 14.0. The number of amides is 1. The average Bonchev–Trinajstić information content (AvgIpc) is 2.74. The molecule has 150 valence electrons. The fourth-order valence-corrected chi connectivity index (χ4v) is 2.73. The van der Waals surface area contributed by atoms with Gasteiger partial charge in [-0.25, -0.2) is 0 Å². The monoisotopic (exact) mass is 391 g/mol. The van der Waals surface area contributed by atoms with Crippen LogP contribution in [0.4, 0.5) is 11.4 Å². The Hall–Kier alpha value is -3.54. The highest BCUT2D eigenvalue weighted by atomic mass is 16.5. The lowest BCUT2D eigenvalue weighted by Gasteiger charge is -2.15. The zero-order valence-electron chi connectivity index (χ0n) is 16.8. The van der Waals surface area contributed by atoms with Crippen LogP contribution in [0, 0.1) is 0 Å². The summed E-state index contributed by atoms with van der Waals surface area (Å²) in [6, 6.07) is 18.7. The van der Waals surface area contributed by atoms with Crippen LogP contribution in [0.5, 0.6) is 11.5 Å². The topological polar surface area (TPSA) is 72.5 Å². The number of hydrogen-bond acceptors (Lipinski definition) is 5. The summed E-state index contributed by atoms with van der Waals surface area (Å²) in [6.45, 7) is 4.51. The van der Waals surface area contributed by atoms with E-state index in [1.54, 1.807) is 25.4 Å². The second-order valence-corrected chi connectivity index (χ2v) is 6.75. The lowest BCUT2D eigenvalue weighted by atomic mass is 10.2. The number of anilines is 2. The van der Waals surface area contributed by atoms with Gasteiger partial charge in [0.2, 0.25) is 0 Å². The number of ether oxygens (including phenoxy) is 2. The summed E-state index contributed by atoms with van der Waals surface area (Å²) in [4.78, 5) is 16.9. The van der Waals surface area contributed by atoms with Crippen LogP contribution in [0.25, 0.3) is 0 Å². The van der Waals surface area contributed by atoms with E-state index < -0.39 is 0 Å². The van der Waals surface area contributed by atoms with Crippen LogP contribution >= 0.6 is 0 Å². The third kappa shape index (κ3) is 5.72. The molecule has 3 aromatic rings. The number of carbonyl (C=O) groups excluding carboxylic acids is 1. The summed E-state index contributed by atoms with van der Waals surface area (Å²) in [5.74, 6) is 1.15. The maximum Gasteiger partial charge on any atom is 0.274 e. The molecule has 3 rings (SSSR count). The largest absolute Gasteiger partial charge is 0.497 e. The Balaban J connectivity index is 1.66. The Labute approximate surface area is 170 Å². The SMILES string of the molecule is COc1ccc(CNc2ccnc(C(=O)Nc3ccccc3OC(C)C)c2)cc1. The van der Waals surface area contributed by atoms with Crippen molar-refractivity contribution in [2.75, 3.05) is 17.7 Å². The highest BCUT2D eigenvalue weighted by molar-refractivity contribution is 6.04. The zero-order chi connectivity index (χ0) is 20.6. The molecular weight excluding hydrogens is 366 g/mol. The third-order valence-electron chi connectivity index (χ3n) is 4.15. The van der Waals surface area contributed by atoms with E-state index in [4.69, 9.17) is 9.47 Å². The van der Waals surface area contributed by atoms with E-state index in [-0.39, 0.29) is 12.0 Å². The predicted molar refractivity (Wildman–Crippen MR) is 115 cm³/mol. The number of nitrogens with one attached hydrogen (secondary N) is 2. The van der Waals surface area contributed by atoms with Crippen LogP contribution in [0.2, 0.25) is 0 Å². The van der Waals surface area contributed by atoms with Gasteiger partial charge in [0, 0.05) is 18.4 Å². The molecule has 6 nitrogen and oxygen atoms in total. The van der Waals surface area contributed by atoms with Crippen molar-refractivity contribution in [2.24, 2.45) is 0 Å². The molecule has 2 N–H and O–H groups in total. The van der Waals surface area contributed by atoms with Crippen LogP contribution < -0.4 is 20.1 Å². The first kappa shape index (κ1) is 20.2. The second-order valence-electron chi connectivity index (χ2n) is 6.75. The molecule has 0 aliphatic heterocycles. The van der Waals surface area contributed by atoms with E-state index in [1.807, 2.05) is 62.4 Å². The summed E-state index contributed by atoms with van der Waals surface area (Å²) < 4.78 is 10.9. The highest BCUT2D eigenvalue weighted by Gasteiger charge is 2.12. The van der Waals surface area contributed by atoms with Gasteiger partial charge in [-0.1, -0.05) is 24.3 Å². The molecule has 1 aromatic heterocycles. The molecule has 0 saturated heterocycles. The first-order valence-corrected chi connectivity index (χ1v) is 9.45. The van der Waals surface area contributed by atoms with Crippen molar-refractivity contribution in [3.05, 3.63) is 78.1 Å². The number of benzene rings is 2. The first-order valence-electron chi connectivity index (χ1n) is 9.45. The number of carbonyl (C=O) groups is 1. The van der Waals surface area contributed by atoms with Crippen molar-refractivity contribution in [3.8, 4) is 11.5 Å². The molecule has 1 amide bonds. The quantitative estimate of drug-likeness (QED) is 0.580. The Kier molecular flexibility index (Phi) is 6.68. The van der Waals surface area contributed by atoms with Gasteiger partial charge in [0.1, 0.15) is 17.2 Å². The molecule has 6 heteroatoms. The van der Waals surface area contributed by atoms with E-state index in [0.29, 0.717) is 23.7 Å². The van der Waals surface area contributed by atoms with Crippen molar-refractivity contribution in [3.63, 3.8) is 0 Å². The van der Waals surface area contributed by atoms with Gasteiger partial charge < -0.3 is 20.1 Å². The summed E-state index contributed by atoms with van der Waals surface area (Å²) in [6.07, 6.45) is 1.62. The molecule has 0 aliphatic rings. The van der Waals surface area contributed by atoms with E-state index in [9.17, 15) is 4.79 Å². The molecule has 0 bridgehead atoms. The number of nitrogens with zero attached hydrogens (tertiary/aromatic N) is 1. The van der Waals surface area contributed by atoms with Gasteiger partial charge in [-0.2, -0.15) is 0 Å². The molecular formula is C23H25N3O3. The Morgan fingerprint density at radius 2 is 1.83 bits per heavy atom. The van der Waals surface area contributed by atoms with Crippen molar-refractivity contribution in [1.29, 1.82) is 0 Å². The van der Waals surface area contributed by atoms with Gasteiger partial charge in [-0.3, -0.25) is 9.78 Å². The molecule has 0 aliphatic carbocycles. The zero-order valence-corrected chi connectivity index (χ0v) is 16.8. The smallest absolute Gasteiger partial charge is 0.274 e. The molecule has 0 fully saturated rings. The molecule has 0 atom stereocenters. The highest BCUT2D eigenvalue weighted by Crippen LogP contribution is 2.25. The molecule has 0 unspecified atom stereocenters. The van der Waals surface area contributed by atoms with Crippen LogP contribution in [-0.2, 0) is 6.54 Å². The van der Waals surface area contributed by atoms with E-state index in [0.717, 1.165) is 17.0 Å². The lowest BCUT2D eigenvalue weighted by Crippen LogP contribution is -2.16. The number of rotatable bonds is 8. The number of aromatic nitrogens is 1. The number of para-hydroxylation sites is 2. The molecule has 0 saturated carbocycles. The molecule has 0 radical (unpaired) electrons. The van der Waals surface area contributed by atoms with E-state index in [1.165, 1.54) is 0 Å². The minimum absolute atomic E-state index is 0.0108. The summed E-state index contributed by atoms with van der Waals surface area (Å²) in [5, 5.41) is 6.19. The Morgan fingerprint density at radius 1 is 1.07 bits per heavy atom. The standard InChI is InChI=1S/C23H25N3O3/c1-16(2)29-22-7-5-4-6-20(22)26-23(27)21-14-18(12-13-24-21)25-15-17-8-10-19(28-3)11-9-17/h4-14,16H,15H2,1-3H3,(H,24,25)(H,26,27). The summed E-state index contributed by atoms with van der Waals surface area (Å²) in [7, 11) is 1.64. The summed E-state index contributed by atoms with van der Waals surface area (Å²) in [5.41, 5.74) is 2.86. The van der Waals surface area contributed by atoms with Crippen LogP contribution in [0.15, 0.2) is 66.9 Å². The molecule has 2 aromatic carbocycles. The number of methoxy groups -OCH3 is 1. The van der Waals surface area contributed by atoms with Gasteiger partial charge in [-0.05, 0) is 55.8 Å².